The maximum atomic E-state index is 8.74. The average molecular weight is 294 g/mol. The molecular formula is C12H26N2O4S. The summed E-state index contributed by atoms with van der Waals surface area (Å²) in [5, 5.41) is 0. The molecule has 0 aromatic carbocycles. The highest BCUT2D eigenvalue weighted by molar-refractivity contribution is 7.79. The van der Waals surface area contributed by atoms with Crippen molar-refractivity contribution in [1.82, 2.24) is 9.80 Å². The molecule has 0 spiro atoms. The highest BCUT2D eigenvalue weighted by Gasteiger charge is 2.18. The minimum atomic E-state index is -4.67. The fraction of sp³-hybridized carbons (Fsp3) is 0.833. The van der Waals surface area contributed by atoms with Crippen molar-refractivity contribution in [3.8, 4) is 0 Å². The summed E-state index contributed by atoms with van der Waals surface area (Å²) in [6.45, 7) is 2.27. The molecule has 0 amide bonds. The van der Waals surface area contributed by atoms with Crippen molar-refractivity contribution < 1.29 is 17.5 Å². The Morgan fingerprint density at radius 2 is 1.42 bits per heavy atom. The van der Waals surface area contributed by atoms with Gasteiger partial charge in [0, 0.05) is 26.5 Å². The SMILES string of the molecule is CCCCCCCC1N(C)C=CN1C.O=S(=O)(O)O. The molecular weight excluding hydrogens is 268 g/mol. The zero-order valence-electron chi connectivity index (χ0n) is 12.0. The summed E-state index contributed by atoms with van der Waals surface area (Å²) in [4.78, 5) is 4.61. The van der Waals surface area contributed by atoms with Crippen LogP contribution in [0.4, 0.5) is 0 Å². The van der Waals surface area contributed by atoms with Gasteiger partial charge < -0.3 is 9.80 Å². The van der Waals surface area contributed by atoms with Crippen LogP contribution in [0.25, 0.3) is 0 Å². The van der Waals surface area contributed by atoms with E-state index in [0.29, 0.717) is 6.17 Å². The van der Waals surface area contributed by atoms with E-state index in [1.54, 1.807) is 0 Å². The van der Waals surface area contributed by atoms with Crippen LogP contribution < -0.4 is 0 Å². The van der Waals surface area contributed by atoms with E-state index in [0.717, 1.165) is 0 Å². The molecule has 2 N–H and O–H groups in total. The summed E-state index contributed by atoms with van der Waals surface area (Å²) >= 11 is 0. The van der Waals surface area contributed by atoms with E-state index in [1.165, 1.54) is 38.5 Å². The van der Waals surface area contributed by atoms with Crippen molar-refractivity contribution in [3.63, 3.8) is 0 Å². The predicted molar refractivity (Wildman–Crippen MR) is 76.0 cm³/mol. The predicted octanol–water partition coefficient (Wildman–Crippen LogP) is 2.37. The largest absolute Gasteiger partial charge is 0.394 e. The van der Waals surface area contributed by atoms with Crippen molar-refractivity contribution in [1.29, 1.82) is 0 Å². The molecule has 1 heterocycles. The molecule has 0 aromatic heterocycles. The third kappa shape index (κ3) is 10.8. The highest BCUT2D eigenvalue weighted by atomic mass is 32.3. The zero-order valence-corrected chi connectivity index (χ0v) is 12.8. The second kappa shape index (κ2) is 9.17. The third-order valence-corrected chi connectivity index (χ3v) is 3.04. The second-order valence-corrected chi connectivity index (χ2v) is 5.66. The number of unbranched alkanes of at least 4 members (excludes halogenated alkanes) is 4. The van der Waals surface area contributed by atoms with Gasteiger partial charge in [-0.1, -0.05) is 32.6 Å². The van der Waals surface area contributed by atoms with Gasteiger partial charge >= 0.3 is 10.4 Å². The summed E-state index contributed by atoms with van der Waals surface area (Å²) in [7, 11) is -0.340. The monoisotopic (exact) mass is 294 g/mol. The van der Waals surface area contributed by atoms with E-state index in [4.69, 9.17) is 17.5 Å². The molecule has 0 atom stereocenters. The van der Waals surface area contributed by atoms with Gasteiger partial charge in [-0.25, -0.2) is 0 Å². The topological polar surface area (TPSA) is 81.1 Å². The van der Waals surface area contributed by atoms with Gasteiger partial charge in [-0.05, 0) is 12.8 Å². The molecule has 0 saturated heterocycles. The Morgan fingerprint density at radius 1 is 1.00 bits per heavy atom. The first-order valence-corrected chi connectivity index (χ1v) is 7.97. The average Bonchev–Trinajstić information content (AvgIpc) is 2.57. The molecule has 0 radical (unpaired) electrons. The fourth-order valence-electron chi connectivity index (χ4n) is 2.03. The van der Waals surface area contributed by atoms with Gasteiger partial charge in [0.1, 0.15) is 6.17 Å². The van der Waals surface area contributed by atoms with E-state index >= 15 is 0 Å². The van der Waals surface area contributed by atoms with Crippen LogP contribution in [0.3, 0.4) is 0 Å². The molecule has 1 rings (SSSR count). The number of hydrogen-bond donors (Lipinski definition) is 2. The summed E-state index contributed by atoms with van der Waals surface area (Å²) in [5.74, 6) is 0. The van der Waals surface area contributed by atoms with Crippen molar-refractivity contribution in [2.45, 2.75) is 51.6 Å². The highest BCUT2D eigenvalue weighted by Crippen LogP contribution is 2.18. The molecule has 0 fully saturated rings. The third-order valence-electron chi connectivity index (χ3n) is 3.04. The van der Waals surface area contributed by atoms with E-state index in [2.05, 4.69) is 43.2 Å². The Hall–Kier alpha value is -0.790. The molecule has 7 heteroatoms. The normalized spacial score (nSPS) is 15.6. The quantitative estimate of drug-likeness (QED) is 0.578. The van der Waals surface area contributed by atoms with Gasteiger partial charge in [-0.2, -0.15) is 8.42 Å². The molecule has 1 aliphatic heterocycles. The summed E-state index contributed by atoms with van der Waals surface area (Å²) in [5.41, 5.74) is 0. The first-order valence-electron chi connectivity index (χ1n) is 6.57. The Labute approximate surface area is 116 Å². The van der Waals surface area contributed by atoms with Crippen LogP contribution in [0, 0.1) is 0 Å². The van der Waals surface area contributed by atoms with Gasteiger partial charge in [0.15, 0.2) is 0 Å². The van der Waals surface area contributed by atoms with E-state index < -0.39 is 10.4 Å². The van der Waals surface area contributed by atoms with Gasteiger partial charge in [-0.3, -0.25) is 9.11 Å². The molecule has 6 nitrogen and oxygen atoms in total. The first kappa shape index (κ1) is 18.2. The lowest BCUT2D eigenvalue weighted by Crippen LogP contribution is -2.33. The van der Waals surface area contributed by atoms with Crippen LogP contribution in [0.15, 0.2) is 12.4 Å². The van der Waals surface area contributed by atoms with Gasteiger partial charge in [0.2, 0.25) is 0 Å². The lowest BCUT2D eigenvalue weighted by molar-refractivity contribution is 0.188. The van der Waals surface area contributed by atoms with Gasteiger partial charge in [-0.15, -0.1) is 0 Å². The van der Waals surface area contributed by atoms with E-state index in [-0.39, 0.29) is 0 Å². The van der Waals surface area contributed by atoms with Crippen LogP contribution in [0.2, 0.25) is 0 Å². The summed E-state index contributed by atoms with van der Waals surface area (Å²) < 4.78 is 31.6. The van der Waals surface area contributed by atoms with Crippen molar-refractivity contribution >= 4 is 10.4 Å². The maximum Gasteiger partial charge on any atom is 0.394 e. The molecule has 114 valence electrons. The summed E-state index contributed by atoms with van der Waals surface area (Å²) in [6, 6.07) is 0. The standard InChI is InChI=1S/C12H24N2.H2O4S/c1-4-5-6-7-8-9-12-13(2)10-11-14(12)3;1-5(2,3)4/h10-12H,4-9H2,1-3H3;(H2,1,2,3,4). The molecule has 0 unspecified atom stereocenters. The zero-order chi connectivity index (χ0) is 14.9. The second-order valence-electron chi connectivity index (χ2n) is 4.76. The minimum absolute atomic E-state index is 0.608. The molecule has 0 bridgehead atoms. The Kier molecular flexibility index (Phi) is 8.79. The van der Waals surface area contributed by atoms with Crippen molar-refractivity contribution in [2.75, 3.05) is 14.1 Å². The van der Waals surface area contributed by atoms with E-state index in [1.807, 2.05) is 0 Å². The molecule has 0 saturated carbocycles. The maximum absolute atomic E-state index is 8.74. The van der Waals surface area contributed by atoms with Crippen molar-refractivity contribution in [3.05, 3.63) is 12.4 Å². The minimum Gasteiger partial charge on any atom is -0.359 e. The number of hydrogen-bond acceptors (Lipinski definition) is 4. The van der Waals surface area contributed by atoms with E-state index in [9.17, 15) is 0 Å². The van der Waals surface area contributed by atoms with Crippen LogP contribution in [0.5, 0.6) is 0 Å². The van der Waals surface area contributed by atoms with Crippen LogP contribution in [-0.2, 0) is 10.4 Å². The van der Waals surface area contributed by atoms with Crippen LogP contribution in [-0.4, -0.2) is 47.6 Å². The molecule has 19 heavy (non-hydrogen) atoms. The fourth-order valence-corrected chi connectivity index (χ4v) is 2.03. The molecule has 1 aliphatic rings. The first-order chi connectivity index (χ1) is 8.75. The Balaban J connectivity index is 0.000000555. The number of nitrogens with zero attached hydrogens (tertiary/aromatic N) is 2. The smallest absolute Gasteiger partial charge is 0.359 e. The summed E-state index contributed by atoms with van der Waals surface area (Å²) in [6.07, 6.45) is 13.1. The lowest BCUT2D eigenvalue weighted by Gasteiger charge is -2.27. The van der Waals surface area contributed by atoms with Crippen LogP contribution >= 0.6 is 0 Å². The Morgan fingerprint density at radius 3 is 1.84 bits per heavy atom. The van der Waals surface area contributed by atoms with Crippen molar-refractivity contribution in [2.24, 2.45) is 0 Å². The van der Waals surface area contributed by atoms with Gasteiger partial charge in [0.05, 0.1) is 0 Å². The molecule has 0 aliphatic carbocycles. The van der Waals surface area contributed by atoms with Crippen LogP contribution in [0.1, 0.15) is 45.4 Å². The number of rotatable bonds is 6. The molecule has 0 aromatic rings. The van der Waals surface area contributed by atoms with Gasteiger partial charge in [0.25, 0.3) is 0 Å². The lowest BCUT2D eigenvalue weighted by atomic mass is 10.1. The Bertz CT molecular complexity index is 337.